The minimum Gasteiger partial charge on any atom is -0.369 e. The van der Waals surface area contributed by atoms with Gasteiger partial charge >= 0.3 is 0 Å². The van der Waals surface area contributed by atoms with E-state index in [2.05, 4.69) is 0 Å². The zero-order chi connectivity index (χ0) is 14.1. The zero-order valence-electron chi connectivity index (χ0n) is 10.1. The van der Waals surface area contributed by atoms with E-state index in [0.717, 1.165) is 0 Å². The zero-order valence-corrected chi connectivity index (χ0v) is 10.1. The largest absolute Gasteiger partial charge is 0.369 e. The molecule has 6 heteroatoms. The molecule has 1 unspecified atom stereocenters. The van der Waals surface area contributed by atoms with Gasteiger partial charge in [-0.1, -0.05) is 13.8 Å². The van der Waals surface area contributed by atoms with E-state index in [-0.39, 0.29) is 12.0 Å². The molecule has 0 heterocycles. The van der Waals surface area contributed by atoms with Crippen LogP contribution in [-0.4, -0.2) is 5.91 Å². The van der Waals surface area contributed by atoms with E-state index in [4.69, 9.17) is 11.5 Å². The fraction of sp³-hybridized carbons (Fsp3) is 0.417. The molecule has 0 saturated heterocycles. The second-order valence-corrected chi connectivity index (χ2v) is 4.85. The molecular weight excluding hydrogens is 245 g/mol. The number of rotatable bonds is 4. The standard InChI is InChI=1S/C12H15F3N2O/c1-12(2,11(17)18)5-10(16)6-3-8(14)9(15)4-7(6)13/h3-4,10H,5,16H2,1-2H3,(H2,17,18). The molecule has 0 spiro atoms. The van der Waals surface area contributed by atoms with Crippen LogP contribution in [0.25, 0.3) is 0 Å². The third kappa shape index (κ3) is 3.01. The van der Waals surface area contributed by atoms with E-state index in [1.807, 2.05) is 0 Å². The van der Waals surface area contributed by atoms with Gasteiger partial charge in [0.2, 0.25) is 5.91 Å². The number of hydrogen-bond donors (Lipinski definition) is 2. The summed E-state index contributed by atoms with van der Waals surface area (Å²) in [6, 6.07) is 0.191. The summed E-state index contributed by atoms with van der Waals surface area (Å²) < 4.78 is 39.2. The van der Waals surface area contributed by atoms with Gasteiger partial charge < -0.3 is 11.5 Å². The normalized spacial score (nSPS) is 13.4. The summed E-state index contributed by atoms with van der Waals surface area (Å²) in [6.45, 7) is 3.10. The first-order valence-corrected chi connectivity index (χ1v) is 5.35. The summed E-state index contributed by atoms with van der Waals surface area (Å²) in [4.78, 5) is 11.1. The van der Waals surface area contributed by atoms with Crippen LogP contribution in [-0.2, 0) is 4.79 Å². The fourth-order valence-electron chi connectivity index (χ4n) is 1.58. The minimum atomic E-state index is -1.28. The van der Waals surface area contributed by atoms with Gasteiger partial charge in [-0.05, 0) is 12.5 Å². The highest BCUT2D eigenvalue weighted by atomic mass is 19.2. The van der Waals surface area contributed by atoms with Gasteiger partial charge in [0, 0.05) is 23.1 Å². The van der Waals surface area contributed by atoms with Crippen LogP contribution >= 0.6 is 0 Å². The molecule has 1 rings (SSSR count). The van der Waals surface area contributed by atoms with Crippen molar-refractivity contribution in [3.63, 3.8) is 0 Å². The molecule has 1 aromatic carbocycles. The van der Waals surface area contributed by atoms with Gasteiger partial charge in [-0.15, -0.1) is 0 Å². The predicted octanol–water partition coefficient (Wildman–Crippen LogP) is 2.01. The molecule has 18 heavy (non-hydrogen) atoms. The molecule has 0 aromatic heterocycles. The fourth-order valence-corrected chi connectivity index (χ4v) is 1.58. The third-order valence-corrected chi connectivity index (χ3v) is 2.84. The molecule has 0 aliphatic carbocycles. The Hall–Kier alpha value is -1.56. The van der Waals surface area contributed by atoms with Crippen molar-refractivity contribution < 1.29 is 18.0 Å². The van der Waals surface area contributed by atoms with Gasteiger partial charge in [0.15, 0.2) is 11.6 Å². The van der Waals surface area contributed by atoms with Crippen molar-refractivity contribution in [3.8, 4) is 0 Å². The predicted molar refractivity (Wildman–Crippen MR) is 60.8 cm³/mol. The van der Waals surface area contributed by atoms with Crippen molar-refractivity contribution in [1.82, 2.24) is 0 Å². The summed E-state index contributed by atoms with van der Waals surface area (Å²) in [5.74, 6) is -4.00. The minimum absolute atomic E-state index is 0.0321. The van der Waals surface area contributed by atoms with Crippen LogP contribution in [0.1, 0.15) is 31.9 Å². The molecule has 1 amide bonds. The van der Waals surface area contributed by atoms with Crippen molar-refractivity contribution >= 4 is 5.91 Å². The van der Waals surface area contributed by atoms with E-state index >= 15 is 0 Å². The van der Waals surface area contributed by atoms with E-state index < -0.39 is 34.8 Å². The van der Waals surface area contributed by atoms with E-state index in [1.54, 1.807) is 13.8 Å². The monoisotopic (exact) mass is 260 g/mol. The molecule has 0 aliphatic heterocycles. The summed E-state index contributed by atoms with van der Waals surface area (Å²) >= 11 is 0. The van der Waals surface area contributed by atoms with Gasteiger partial charge in [0.1, 0.15) is 5.82 Å². The van der Waals surface area contributed by atoms with Crippen LogP contribution in [0, 0.1) is 22.9 Å². The summed E-state index contributed by atoms with van der Waals surface area (Å²) in [6.07, 6.45) is 0.0321. The van der Waals surface area contributed by atoms with Crippen LogP contribution in [0.3, 0.4) is 0 Å². The van der Waals surface area contributed by atoms with E-state index in [1.165, 1.54) is 0 Å². The summed E-state index contributed by atoms with van der Waals surface area (Å²) in [5, 5.41) is 0. The number of benzene rings is 1. The molecule has 0 aliphatic rings. The van der Waals surface area contributed by atoms with Crippen LogP contribution < -0.4 is 11.5 Å². The molecule has 3 nitrogen and oxygen atoms in total. The first-order chi connectivity index (χ1) is 8.15. The topological polar surface area (TPSA) is 69.1 Å². The number of hydrogen-bond acceptors (Lipinski definition) is 2. The second kappa shape index (κ2) is 4.97. The lowest BCUT2D eigenvalue weighted by Gasteiger charge is -2.25. The highest BCUT2D eigenvalue weighted by Gasteiger charge is 2.29. The van der Waals surface area contributed by atoms with Gasteiger partial charge in [-0.2, -0.15) is 0 Å². The summed E-state index contributed by atoms with van der Waals surface area (Å²) in [7, 11) is 0. The Balaban J connectivity index is 3.01. The highest BCUT2D eigenvalue weighted by Crippen LogP contribution is 2.30. The Morgan fingerprint density at radius 3 is 2.22 bits per heavy atom. The van der Waals surface area contributed by atoms with Gasteiger partial charge in [0.05, 0.1) is 0 Å². The van der Waals surface area contributed by atoms with Crippen molar-refractivity contribution in [2.45, 2.75) is 26.3 Å². The molecule has 0 saturated carbocycles. The molecule has 100 valence electrons. The van der Waals surface area contributed by atoms with Crippen molar-refractivity contribution in [1.29, 1.82) is 0 Å². The number of halogens is 3. The first-order valence-electron chi connectivity index (χ1n) is 5.35. The number of nitrogens with two attached hydrogens (primary N) is 2. The van der Waals surface area contributed by atoms with Crippen molar-refractivity contribution in [3.05, 3.63) is 35.1 Å². The van der Waals surface area contributed by atoms with E-state index in [9.17, 15) is 18.0 Å². The lowest BCUT2D eigenvalue weighted by atomic mass is 9.83. The Kier molecular flexibility index (Phi) is 4.01. The van der Waals surface area contributed by atoms with Crippen LogP contribution in [0.15, 0.2) is 12.1 Å². The smallest absolute Gasteiger partial charge is 0.223 e. The Morgan fingerprint density at radius 2 is 1.72 bits per heavy atom. The van der Waals surface area contributed by atoms with Gasteiger partial charge in [-0.25, -0.2) is 13.2 Å². The molecule has 1 aromatic rings. The van der Waals surface area contributed by atoms with Gasteiger partial charge in [0.25, 0.3) is 0 Å². The maximum Gasteiger partial charge on any atom is 0.223 e. The molecule has 4 N–H and O–H groups in total. The number of carbonyl (C=O) groups excluding carboxylic acids is 1. The second-order valence-electron chi connectivity index (χ2n) is 4.85. The van der Waals surface area contributed by atoms with Crippen LogP contribution in [0.2, 0.25) is 0 Å². The molecule has 1 atom stereocenters. The highest BCUT2D eigenvalue weighted by molar-refractivity contribution is 5.79. The van der Waals surface area contributed by atoms with Crippen LogP contribution in [0.4, 0.5) is 13.2 Å². The summed E-state index contributed by atoms with van der Waals surface area (Å²) in [5.41, 5.74) is 9.73. The quantitative estimate of drug-likeness (QED) is 0.813. The Bertz CT molecular complexity index is 475. The molecular formula is C12H15F3N2O. The van der Waals surface area contributed by atoms with Gasteiger partial charge in [-0.3, -0.25) is 4.79 Å². The number of primary amides is 1. The Morgan fingerprint density at radius 1 is 1.22 bits per heavy atom. The molecule has 0 bridgehead atoms. The van der Waals surface area contributed by atoms with Crippen LogP contribution in [0.5, 0.6) is 0 Å². The lowest BCUT2D eigenvalue weighted by molar-refractivity contribution is -0.126. The lowest BCUT2D eigenvalue weighted by Crippen LogP contribution is -2.34. The molecule has 0 fully saturated rings. The van der Waals surface area contributed by atoms with Crippen molar-refractivity contribution in [2.75, 3.05) is 0 Å². The average molecular weight is 260 g/mol. The maximum absolute atomic E-state index is 13.5. The maximum atomic E-state index is 13.5. The van der Waals surface area contributed by atoms with E-state index in [0.29, 0.717) is 12.1 Å². The van der Waals surface area contributed by atoms with Crippen molar-refractivity contribution in [2.24, 2.45) is 16.9 Å². The average Bonchev–Trinajstić information content (AvgIpc) is 2.22. The number of amides is 1. The molecule has 0 radical (unpaired) electrons. The first kappa shape index (κ1) is 14.5. The number of carbonyl (C=O) groups is 1. The SMILES string of the molecule is CC(C)(CC(N)c1cc(F)c(F)cc1F)C(N)=O. The third-order valence-electron chi connectivity index (χ3n) is 2.84. The Labute approximate surface area is 103 Å².